The lowest BCUT2D eigenvalue weighted by Crippen LogP contribution is -2.13. The van der Waals surface area contributed by atoms with Crippen LogP contribution >= 0.6 is 11.6 Å². The molecule has 0 amide bonds. The van der Waals surface area contributed by atoms with E-state index in [1.807, 2.05) is 0 Å². The van der Waals surface area contributed by atoms with Gasteiger partial charge in [0, 0.05) is 11.2 Å². The molecular formula is C11H9ClN2O3S. The number of hydrogen-bond donors (Lipinski definition) is 2. The highest BCUT2D eigenvalue weighted by Gasteiger charge is 2.16. The van der Waals surface area contributed by atoms with Crippen LogP contribution in [-0.4, -0.2) is 18.5 Å². The van der Waals surface area contributed by atoms with E-state index in [2.05, 4.69) is 9.71 Å². The molecule has 94 valence electrons. The summed E-state index contributed by atoms with van der Waals surface area (Å²) >= 11 is 5.73. The number of pyridine rings is 1. The fraction of sp³-hybridized carbons (Fsp3) is 0. The minimum Gasteiger partial charge on any atom is -0.504 e. The maximum Gasteiger partial charge on any atom is 0.263 e. The Bertz CT molecular complexity index is 673. The molecule has 2 aromatic rings. The lowest BCUT2D eigenvalue weighted by Gasteiger charge is -2.08. The summed E-state index contributed by atoms with van der Waals surface area (Å²) in [5.74, 6) is -0.374. The Morgan fingerprint density at radius 1 is 1.22 bits per heavy atom. The van der Waals surface area contributed by atoms with Crippen molar-refractivity contribution >= 4 is 27.4 Å². The van der Waals surface area contributed by atoms with Gasteiger partial charge in [0.15, 0.2) is 11.6 Å². The van der Waals surface area contributed by atoms with Crippen molar-refractivity contribution in [3.05, 3.63) is 47.6 Å². The maximum absolute atomic E-state index is 12.0. The van der Waals surface area contributed by atoms with Crippen LogP contribution in [0.4, 0.5) is 5.82 Å². The number of hydrogen-bond acceptors (Lipinski definition) is 4. The summed E-state index contributed by atoms with van der Waals surface area (Å²) in [7, 11) is -3.82. The van der Waals surface area contributed by atoms with E-state index in [0.717, 1.165) is 0 Å². The summed E-state index contributed by atoms with van der Waals surface area (Å²) < 4.78 is 26.2. The Morgan fingerprint density at radius 2 is 2.00 bits per heavy atom. The van der Waals surface area contributed by atoms with Gasteiger partial charge in [0.1, 0.15) is 0 Å². The first-order chi connectivity index (χ1) is 8.49. The van der Waals surface area contributed by atoms with Gasteiger partial charge in [0.2, 0.25) is 0 Å². The van der Waals surface area contributed by atoms with Crippen molar-refractivity contribution in [2.75, 3.05) is 4.72 Å². The molecule has 0 aliphatic rings. The largest absolute Gasteiger partial charge is 0.504 e. The molecule has 0 saturated heterocycles. The van der Waals surface area contributed by atoms with Gasteiger partial charge < -0.3 is 5.11 Å². The predicted molar refractivity (Wildman–Crippen MR) is 68.2 cm³/mol. The van der Waals surface area contributed by atoms with Gasteiger partial charge in [-0.2, -0.15) is 0 Å². The molecule has 0 aliphatic carbocycles. The number of aromatic hydroxyl groups is 1. The van der Waals surface area contributed by atoms with E-state index in [4.69, 9.17) is 11.6 Å². The van der Waals surface area contributed by atoms with Crippen molar-refractivity contribution < 1.29 is 13.5 Å². The van der Waals surface area contributed by atoms with E-state index in [9.17, 15) is 13.5 Å². The average molecular weight is 285 g/mol. The van der Waals surface area contributed by atoms with Gasteiger partial charge in [-0.3, -0.25) is 4.72 Å². The highest BCUT2D eigenvalue weighted by molar-refractivity contribution is 7.92. The molecule has 1 heterocycles. The molecule has 0 bridgehead atoms. The van der Waals surface area contributed by atoms with Crippen LogP contribution in [0.3, 0.4) is 0 Å². The Morgan fingerprint density at radius 3 is 2.67 bits per heavy atom. The average Bonchev–Trinajstić information content (AvgIpc) is 2.32. The molecular weight excluding hydrogens is 276 g/mol. The van der Waals surface area contributed by atoms with Crippen molar-refractivity contribution in [2.45, 2.75) is 4.90 Å². The molecule has 2 N–H and O–H groups in total. The summed E-state index contributed by atoms with van der Waals surface area (Å²) in [4.78, 5) is 3.74. The fourth-order valence-electron chi connectivity index (χ4n) is 1.30. The van der Waals surface area contributed by atoms with Gasteiger partial charge >= 0.3 is 0 Å². The van der Waals surface area contributed by atoms with Crippen LogP contribution in [0, 0.1) is 0 Å². The van der Waals surface area contributed by atoms with Crippen LogP contribution in [0.5, 0.6) is 5.75 Å². The smallest absolute Gasteiger partial charge is 0.263 e. The summed E-state index contributed by atoms with van der Waals surface area (Å²) in [6.07, 6.45) is 1.37. The van der Waals surface area contributed by atoms with Crippen molar-refractivity contribution in [2.24, 2.45) is 0 Å². The SMILES string of the molecule is O=S(=O)(Nc1ncccc1O)c1cccc(Cl)c1. The van der Waals surface area contributed by atoms with Crippen LogP contribution in [0.1, 0.15) is 0 Å². The number of sulfonamides is 1. The fourth-order valence-corrected chi connectivity index (χ4v) is 2.62. The Hall–Kier alpha value is -1.79. The normalized spacial score (nSPS) is 11.2. The molecule has 0 saturated carbocycles. The maximum atomic E-state index is 12.0. The van der Waals surface area contributed by atoms with Gasteiger partial charge in [0.05, 0.1) is 4.90 Å². The molecule has 0 fully saturated rings. The monoisotopic (exact) mass is 284 g/mol. The third kappa shape index (κ3) is 2.72. The van der Waals surface area contributed by atoms with Gasteiger partial charge in [0.25, 0.3) is 10.0 Å². The second kappa shape index (κ2) is 4.83. The quantitative estimate of drug-likeness (QED) is 0.906. The first-order valence-electron chi connectivity index (χ1n) is 4.91. The third-order valence-electron chi connectivity index (χ3n) is 2.12. The lowest BCUT2D eigenvalue weighted by atomic mass is 10.4. The van der Waals surface area contributed by atoms with E-state index >= 15 is 0 Å². The van der Waals surface area contributed by atoms with E-state index in [-0.39, 0.29) is 16.5 Å². The van der Waals surface area contributed by atoms with E-state index in [1.165, 1.54) is 36.5 Å². The first-order valence-corrected chi connectivity index (χ1v) is 6.77. The van der Waals surface area contributed by atoms with Crippen molar-refractivity contribution in [1.82, 2.24) is 4.98 Å². The van der Waals surface area contributed by atoms with Crippen molar-refractivity contribution in [3.8, 4) is 5.75 Å². The standard InChI is InChI=1S/C11H9ClN2O3S/c12-8-3-1-4-9(7-8)18(16,17)14-11-10(15)5-2-6-13-11/h1-7,15H,(H,13,14). The molecule has 0 aliphatic heterocycles. The number of benzene rings is 1. The molecule has 1 aromatic heterocycles. The van der Waals surface area contributed by atoms with Gasteiger partial charge in [-0.15, -0.1) is 0 Å². The van der Waals surface area contributed by atoms with Crippen LogP contribution in [-0.2, 0) is 10.0 Å². The molecule has 18 heavy (non-hydrogen) atoms. The van der Waals surface area contributed by atoms with E-state index in [1.54, 1.807) is 6.07 Å². The molecule has 0 atom stereocenters. The van der Waals surface area contributed by atoms with Crippen LogP contribution in [0.25, 0.3) is 0 Å². The zero-order chi connectivity index (χ0) is 13.2. The Balaban J connectivity index is 2.37. The van der Waals surface area contributed by atoms with Gasteiger partial charge in [-0.05, 0) is 30.3 Å². The summed E-state index contributed by atoms with van der Waals surface area (Å²) in [5, 5.41) is 9.77. The van der Waals surface area contributed by atoms with Crippen LogP contribution in [0.2, 0.25) is 5.02 Å². The number of nitrogens with one attached hydrogen (secondary N) is 1. The van der Waals surface area contributed by atoms with E-state index in [0.29, 0.717) is 5.02 Å². The highest BCUT2D eigenvalue weighted by atomic mass is 35.5. The van der Waals surface area contributed by atoms with Crippen molar-refractivity contribution in [3.63, 3.8) is 0 Å². The predicted octanol–water partition coefficient (Wildman–Crippen LogP) is 2.24. The molecule has 2 rings (SSSR count). The van der Waals surface area contributed by atoms with E-state index < -0.39 is 10.0 Å². The molecule has 5 nitrogen and oxygen atoms in total. The Kier molecular flexibility index (Phi) is 3.40. The minimum atomic E-state index is -3.82. The number of rotatable bonds is 3. The second-order valence-electron chi connectivity index (χ2n) is 3.43. The highest BCUT2D eigenvalue weighted by Crippen LogP contribution is 2.23. The third-order valence-corrected chi connectivity index (χ3v) is 3.70. The summed E-state index contributed by atoms with van der Waals surface area (Å²) in [5.41, 5.74) is 0. The second-order valence-corrected chi connectivity index (χ2v) is 5.55. The first kappa shape index (κ1) is 12.7. The molecule has 1 aromatic carbocycles. The molecule has 7 heteroatoms. The zero-order valence-corrected chi connectivity index (χ0v) is 10.6. The van der Waals surface area contributed by atoms with Crippen LogP contribution in [0.15, 0.2) is 47.5 Å². The number of aromatic nitrogens is 1. The number of nitrogens with zero attached hydrogens (tertiary/aromatic N) is 1. The number of anilines is 1. The van der Waals surface area contributed by atoms with Crippen LogP contribution < -0.4 is 4.72 Å². The number of halogens is 1. The minimum absolute atomic E-state index is 0.0000491. The zero-order valence-electron chi connectivity index (χ0n) is 9.04. The molecule has 0 unspecified atom stereocenters. The Labute approximate surface area is 109 Å². The molecule has 0 radical (unpaired) electrons. The van der Waals surface area contributed by atoms with Gasteiger partial charge in [-0.1, -0.05) is 17.7 Å². The summed E-state index contributed by atoms with van der Waals surface area (Å²) in [6.45, 7) is 0. The van der Waals surface area contributed by atoms with Crippen molar-refractivity contribution in [1.29, 1.82) is 0 Å². The lowest BCUT2D eigenvalue weighted by molar-refractivity contribution is 0.475. The molecule has 0 spiro atoms. The summed E-state index contributed by atoms with van der Waals surface area (Å²) in [6, 6.07) is 8.63. The van der Waals surface area contributed by atoms with Gasteiger partial charge in [-0.25, -0.2) is 13.4 Å². The topological polar surface area (TPSA) is 79.3 Å².